The highest BCUT2D eigenvalue weighted by molar-refractivity contribution is 6.30. The van der Waals surface area contributed by atoms with Crippen LogP contribution in [0.2, 0.25) is 5.02 Å². The topological polar surface area (TPSA) is 49.3 Å². The summed E-state index contributed by atoms with van der Waals surface area (Å²) >= 11 is 6.06. The number of aliphatic carboxylic acids is 1. The summed E-state index contributed by atoms with van der Waals surface area (Å²) in [4.78, 5) is 10.6. The molecule has 2 N–H and O–H groups in total. The first-order chi connectivity index (χ1) is 9.16. The molecule has 2 rings (SSSR count). The highest BCUT2D eigenvalue weighted by atomic mass is 35.5. The molecule has 1 fully saturated rings. The van der Waals surface area contributed by atoms with Gasteiger partial charge in [-0.15, -0.1) is 0 Å². The van der Waals surface area contributed by atoms with E-state index in [9.17, 15) is 4.79 Å². The van der Waals surface area contributed by atoms with Crippen LogP contribution in [0.4, 0.5) is 0 Å². The Morgan fingerprint density at radius 1 is 1.42 bits per heavy atom. The van der Waals surface area contributed by atoms with Crippen molar-refractivity contribution in [2.45, 2.75) is 38.1 Å². The Balaban J connectivity index is 2.06. The lowest BCUT2D eigenvalue weighted by Gasteiger charge is -2.25. The number of hydrogen-bond donors (Lipinski definition) is 2. The van der Waals surface area contributed by atoms with Gasteiger partial charge >= 0.3 is 5.97 Å². The van der Waals surface area contributed by atoms with Gasteiger partial charge in [-0.3, -0.25) is 4.79 Å². The number of carboxylic acid groups (broad SMARTS) is 1. The van der Waals surface area contributed by atoms with Crippen LogP contribution in [0.3, 0.4) is 0 Å². The minimum Gasteiger partial charge on any atom is -0.481 e. The second-order valence-corrected chi connectivity index (χ2v) is 5.61. The Morgan fingerprint density at radius 3 is 2.79 bits per heavy atom. The second-order valence-electron chi connectivity index (χ2n) is 5.18. The molecule has 0 aromatic heterocycles. The lowest BCUT2D eigenvalue weighted by Crippen LogP contribution is -2.29. The molecular weight excluding hydrogens is 262 g/mol. The third-order valence-electron chi connectivity index (χ3n) is 3.78. The first kappa shape index (κ1) is 14.4. The van der Waals surface area contributed by atoms with E-state index < -0.39 is 5.97 Å². The maximum Gasteiger partial charge on any atom is 0.304 e. The van der Waals surface area contributed by atoms with Crippen LogP contribution in [0, 0.1) is 5.92 Å². The van der Waals surface area contributed by atoms with Crippen LogP contribution in [0.1, 0.15) is 43.7 Å². The summed E-state index contributed by atoms with van der Waals surface area (Å²) in [6.45, 7) is 0.503. The predicted molar refractivity (Wildman–Crippen MR) is 76.4 cm³/mol. The monoisotopic (exact) mass is 281 g/mol. The average Bonchev–Trinajstić information content (AvgIpc) is 2.88. The molecule has 3 nitrogen and oxygen atoms in total. The smallest absolute Gasteiger partial charge is 0.304 e. The Morgan fingerprint density at radius 2 is 2.16 bits per heavy atom. The highest BCUT2D eigenvalue weighted by Crippen LogP contribution is 2.36. The van der Waals surface area contributed by atoms with E-state index in [1.54, 1.807) is 0 Å². The summed E-state index contributed by atoms with van der Waals surface area (Å²) < 4.78 is 0. The number of hydrogen-bond acceptors (Lipinski definition) is 2. The maximum atomic E-state index is 10.6. The summed E-state index contributed by atoms with van der Waals surface area (Å²) in [6.07, 6.45) is 5.10. The van der Waals surface area contributed by atoms with Crippen molar-refractivity contribution in [2.24, 2.45) is 5.92 Å². The molecule has 1 aliphatic carbocycles. The Hall–Kier alpha value is -1.06. The fourth-order valence-electron chi connectivity index (χ4n) is 2.88. The molecule has 0 bridgehead atoms. The molecule has 0 saturated heterocycles. The van der Waals surface area contributed by atoms with Gasteiger partial charge in [0.2, 0.25) is 0 Å². The number of carboxylic acids is 1. The molecule has 1 atom stereocenters. The first-order valence-corrected chi connectivity index (χ1v) is 7.25. The minimum absolute atomic E-state index is 0.157. The highest BCUT2D eigenvalue weighted by Gasteiger charge is 2.26. The summed E-state index contributed by atoms with van der Waals surface area (Å²) in [5.41, 5.74) is 1.17. The lowest BCUT2D eigenvalue weighted by molar-refractivity contribution is -0.136. The van der Waals surface area contributed by atoms with E-state index in [0.29, 0.717) is 12.5 Å². The van der Waals surface area contributed by atoms with Crippen molar-refractivity contribution in [3.63, 3.8) is 0 Å². The molecule has 1 aliphatic rings. The molecule has 4 heteroatoms. The van der Waals surface area contributed by atoms with Crippen molar-refractivity contribution in [1.82, 2.24) is 5.32 Å². The molecule has 1 saturated carbocycles. The van der Waals surface area contributed by atoms with Gasteiger partial charge in [-0.1, -0.05) is 36.6 Å². The molecule has 0 aliphatic heterocycles. The molecule has 1 aromatic rings. The van der Waals surface area contributed by atoms with E-state index in [1.165, 1.54) is 31.2 Å². The zero-order valence-corrected chi connectivity index (χ0v) is 11.7. The molecule has 0 spiro atoms. The van der Waals surface area contributed by atoms with Gasteiger partial charge in [0.05, 0.1) is 6.42 Å². The number of rotatable bonds is 6. The summed E-state index contributed by atoms with van der Waals surface area (Å²) in [7, 11) is 0. The molecule has 0 heterocycles. The van der Waals surface area contributed by atoms with Gasteiger partial charge in [-0.25, -0.2) is 0 Å². The zero-order valence-electron chi connectivity index (χ0n) is 10.9. The quantitative estimate of drug-likeness (QED) is 0.837. The largest absolute Gasteiger partial charge is 0.481 e. The van der Waals surface area contributed by atoms with Gasteiger partial charge in [0.15, 0.2) is 0 Å². The summed E-state index contributed by atoms with van der Waals surface area (Å²) in [6, 6.07) is 8.11. The van der Waals surface area contributed by atoms with Gasteiger partial charge in [0.25, 0.3) is 0 Å². The SMILES string of the molecule is O=C(O)CCNC(c1cccc(Cl)c1)C1CCCC1. The molecular formula is C15H20ClNO2. The summed E-state index contributed by atoms with van der Waals surface area (Å²) in [5, 5.41) is 12.9. The predicted octanol–water partition coefficient (Wildman–Crippen LogP) is 3.64. The van der Waals surface area contributed by atoms with Crippen LogP contribution in [0.15, 0.2) is 24.3 Å². The molecule has 0 radical (unpaired) electrons. The number of benzene rings is 1. The van der Waals surface area contributed by atoms with Crippen LogP contribution in [0.5, 0.6) is 0 Å². The average molecular weight is 282 g/mol. The molecule has 1 unspecified atom stereocenters. The minimum atomic E-state index is -0.760. The van der Waals surface area contributed by atoms with E-state index in [0.717, 1.165) is 5.02 Å². The van der Waals surface area contributed by atoms with Gasteiger partial charge in [0, 0.05) is 17.6 Å². The fourth-order valence-corrected chi connectivity index (χ4v) is 3.08. The van der Waals surface area contributed by atoms with Crippen molar-refractivity contribution < 1.29 is 9.90 Å². The number of halogens is 1. The number of carbonyl (C=O) groups is 1. The van der Waals surface area contributed by atoms with E-state index in [1.807, 2.05) is 18.2 Å². The Bertz CT molecular complexity index is 430. The lowest BCUT2D eigenvalue weighted by atomic mass is 9.91. The third kappa shape index (κ3) is 4.22. The van der Waals surface area contributed by atoms with Crippen LogP contribution in [-0.4, -0.2) is 17.6 Å². The Labute approximate surface area is 119 Å². The van der Waals surface area contributed by atoms with Crippen LogP contribution in [-0.2, 0) is 4.79 Å². The fraction of sp³-hybridized carbons (Fsp3) is 0.533. The molecule has 0 amide bonds. The van der Waals surface area contributed by atoms with E-state index in [-0.39, 0.29) is 12.5 Å². The normalized spacial score (nSPS) is 17.5. The second kappa shape index (κ2) is 6.92. The van der Waals surface area contributed by atoms with Crippen LogP contribution >= 0.6 is 11.6 Å². The van der Waals surface area contributed by atoms with Crippen molar-refractivity contribution in [3.8, 4) is 0 Å². The first-order valence-electron chi connectivity index (χ1n) is 6.87. The van der Waals surface area contributed by atoms with Crippen molar-refractivity contribution in [1.29, 1.82) is 0 Å². The van der Waals surface area contributed by atoms with Gasteiger partial charge in [-0.2, -0.15) is 0 Å². The third-order valence-corrected chi connectivity index (χ3v) is 4.02. The van der Waals surface area contributed by atoms with Crippen molar-refractivity contribution in [3.05, 3.63) is 34.9 Å². The number of nitrogens with one attached hydrogen (secondary N) is 1. The standard InChI is InChI=1S/C15H20ClNO2/c16-13-7-3-6-12(10-13)15(11-4-1-2-5-11)17-9-8-14(18)19/h3,6-7,10-11,15,17H,1-2,4-5,8-9H2,(H,18,19). The van der Waals surface area contributed by atoms with Gasteiger partial charge in [0.1, 0.15) is 0 Å². The van der Waals surface area contributed by atoms with Crippen molar-refractivity contribution in [2.75, 3.05) is 6.54 Å². The van der Waals surface area contributed by atoms with Gasteiger partial charge in [-0.05, 0) is 36.5 Å². The van der Waals surface area contributed by atoms with E-state index in [2.05, 4.69) is 11.4 Å². The summed E-state index contributed by atoms with van der Waals surface area (Å²) in [5.74, 6) is -0.170. The molecule has 1 aromatic carbocycles. The van der Waals surface area contributed by atoms with E-state index >= 15 is 0 Å². The van der Waals surface area contributed by atoms with Gasteiger partial charge < -0.3 is 10.4 Å². The zero-order chi connectivity index (χ0) is 13.7. The van der Waals surface area contributed by atoms with Crippen LogP contribution in [0.25, 0.3) is 0 Å². The molecule has 104 valence electrons. The molecule has 19 heavy (non-hydrogen) atoms. The van der Waals surface area contributed by atoms with Crippen LogP contribution < -0.4 is 5.32 Å². The Kier molecular flexibility index (Phi) is 5.23. The van der Waals surface area contributed by atoms with E-state index in [4.69, 9.17) is 16.7 Å². The van der Waals surface area contributed by atoms with Crippen molar-refractivity contribution >= 4 is 17.6 Å². The maximum absolute atomic E-state index is 10.6.